The van der Waals surface area contributed by atoms with E-state index in [0.29, 0.717) is 49.8 Å². The summed E-state index contributed by atoms with van der Waals surface area (Å²) in [5, 5.41) is 72.5. The lowest BCUT2D eigenvalue weighted by Gasteiger charge is -2.63. The molecule has 0 bridgehead atoms. The second kappa shape index (κ2) is 39.8. The zero-order valence-corrected chi connectivity index (χ0v) is 62.6. The topological polar surface area (TPSA) is 468 Å². The third-order valence-electron chi connectivity index (χ3n) is 22.3. The van der Waals surface area contributed by atoms with Gasteiger partial charge in [-0.2, -0.15) is 0 Å². The molecule has 8 rings (SSSR count). The number of rotatable bonds is 42. The van der Waals surface area contributed by atoms with Crippen molar-refractivity contribution >= 4 is 53.2 Å². The molecule has 9 amide bonds. The summed E-state index contributed by atoms with van der Waals surface area (Å²) in [7, 11) is 0. The Morgan fingerprint density at radius 3 is 2.08 bits per heavy atom. The van der Waals surface area contributed by atoms with E-state index in [2.05, 4.69) is 43.8 Å². The van der Waals surface area contributed by atoms with E-state index in [1.54, 1.807) is 39.8 Å². The van der Waals surface area contributed by atoms with E-state index in [4.69, 9.17) is 49.4 Å². The van der Waals surface area contributed by atoms with Crippen LogP contribution in [0, 0.1) is 28.6 Å². The summed E-state index contributed by atoms with van der Waals surface area (Å²) in [6.45, 7) is 12.2. The van der Waals surface area contributed by atoms with E-state index in [9.17, 15) is 63.9 Å². The number of imide groups is 1. The van der Waals surface area contributed by atoms with Crippen molar-refractivity contribution in [3.63, 3.8) is 0 Å². The fourth-order valence-corrected chi connectivity index (χ4v) is 16.4. The average Bonchev–Trinajstić information content (AvgIpc) is 1.44. The van der Waals surface area contributed by atoms with Gasteiger partial charge in [0, 0.05) is 54.1 Å². The van der Waals surface area contributed by atoms with Gasteiger partial charge in [0.25, 0.3) is 11.8 Å². The van der Waals surface area contributed by atoms with E-state index in [1.165, 1.54) is 18.2 Å². The number of halogens is 2. The number of urea groups is 1. The minimum absolute atomic E-state index is 0.00334. The molecule has 0 aromatic heterocycles. The van der Waals surface area contributed by atoms with Crippen molar-refractivity contribution in [1.29, 1.82) is 0 Å². The fourth-order valence-electron chi connectivity index (χ4n) is 16.4. The van der Waals surface area contributed by atoms with Gasteiger partial charge in [0.05, 0.1) is 96.6 Å². The third-order valence-corrected chi connectivity index (χ3v) is 22.3. The number of amides is 9. The molecule has 5 aliphatic carbocycles. The smallest absolute Gasteiger partial charge is 0.312 e. The van der Waals surface area contributed by atoms with E-state index >= 15 is 13.6 Å². The van der Waals surface area contributed by atoms with Crippen LogP contribution >= 0.6 is 0 Å². The van der Waals surface area contributed by atoms with Crippen LogP contribution in [-0.4, -0.2) is 267 Å². The number of aliphatic hydroxyl groups excluding tert-OH is 5. The number of ketones is 1. The summed E-state index contributed by atoms with van der Waals surface area (Å²) >= 11 is 0. The SMILES string of the molecule is C=C1C=C[C@@]2(C)C(=C1)[C@@H](F)C[C@H]1[C@@H]3C[C@H]4OC(CCC)O[C@@]4(C(=O)CNC(=O)[C@H](CCCNC(N)=O)NC(=O)[C@@H](NC(=O)[C@@H](CCCCNC(=O)COC4CCCCCC(N[C@@H]5O[C@H](CO)[C@H](O)[C@H](O)[C@H]5O)=C4N)NC(=O)CCOCCOCCOCCOCCN4C(=O)C=CC4=O)C(C)C)[C@@]3(C)C[C@H](O)[C@@]12F. The van der Waals surface area contributed by atoms with E-state index in [0.717, 1.165) is 17.7 Å². The van der Waals surface area contributed by atoms with Crippen LogP contribution in [0.1, 0.15) is 137 Å². The molecule has 0 aromatic carbocycles. The molecule has 2 saturated heterocycles. The van der Waals surface area contributed by atoms with Gasteiger partial charge in [-0.1, -0.05) is 71.8 Å². The number of carbonyl (C=O) groups is 9. The summed E-state index contributed by atoms with van der Waals surface area (Å²) in [6.07, 6.45) is -2.05. The Hall–Kier alpha value is -6.93. The maximum absolute atomic E-state index is 18.3. The van der Waals surface area contributed by atoms with Crippen LogP contribution in [0.5, 0.6) is 0 Å². The molecular formula is C74H114F2N10O22. The van der Waals surface area contributed by atoms with Crippen molar-refractivity contribution in [3.05, 3.63) is 59.5 Å². The van der Waals surface area contributed by atoms with Crippen LogP contribution in [0.25, 0.3) is 0 Å². The fraction of sp³-hybridized carbons (Fsp3) is 0.743. The molecule has 3 heterocycles. The number of hydrogen-bond acceptors (Lipinski definition) is 24. The summed E-state index contributed by atoms with van der Waals surface area (Å²) in [4.78, 5) is 122. The second-order valence-electron chi connectivity index (χ2n) is 29.9. The van der Waals surface area contributed by atoms with Crippen molar-refractivity contribution in [2.75, 3.05) is 92.2 Å². The first kappa shape index (κ1) is 86.7. The standard InChI is InChI=1S/C74H114F2N10O22/c1-7-14-60-107-55-37-44-45-36-47(75)46-35-43(4)21-23-71(46,5)73(45,76)53(88)38-72(44,6)74(55,108-60)54(89)39-81-66(97)49(17-13-25-80-70(78)100)83-68(99)62(42(2)3)85-67(98)50(82-56(90)22-27-101-29-31-103-33-34-104-32-30-102-28-26-86-58(92)19-20-59(86)93)16-11-12-24-79-57(91)41-105-51-18-10-8-9-15-48(61(51)77)84-69-65(96)64(95)63(94)52(40-87)106-69/h19-21,23,35,42,44-45,47,49-53,55,60,62-65,69,84,87-88,94-96H,4,7-18,22,24-34,36-41,77H2,1-3,5-6H3,(H,79,91)(H,81,97)(H,82,90)(H,83,99)(H,85,98)(H3,78,80,100)/t44-,45-,47-,49-,50+,51?,52+,53-,55+,60?,62-,63-,64-,65+,69+,71-,72-,73-,74+/m0/s1. The molecule has 3 saturated carbocycles. The van der Waals surface area contributed by atoms with Gasteiger partial charge in [0.1, 0.15) is 55.3 Å². The zero-order chi connectivity index (χ0) is 78.7. The monoisotopic (exact) mass is 1530 g/mol. The van der Waals surface area contributed by atoms with Crippen LogP contribution in [0.3, 0.4) is 0 Å². The zero-order valence-electron chi connectivity index (χ0n) is 62.6. The molecule has 0 radical (unpaired) electrons. The normalized spacial score (nSPS) is 31.6. The molecule has 16 N–H and O–H groups in total. The number of Topliss-reactive ketones (excluding diaryl/α,β-unsaturated/α-hetero) is 1. The first-order valence-electron chi connectivity index (χ1n) is 37.9. The minimum atomic E-state index is -2.36. The number of aliphatic hydroxyl groups is 5. The highest BCUT2D eigenvalue weighted by molar-refractivity contribution is 6.12. The van der Waals surface area contributed by atoms with Crippen molar-refractivity contribution in [1.82, 2.24) is 42.1 Å². The number of ether oxygens (including phenoxy) is 8. The molecule has 606 valence electrons. The Balaban J connectivity index is 0.883. The highest BCUT2D eigenvalue weighted by atomic mass is 19.1. The predicted octanol–water partition coefficient (Wildman–Crippen LogP) is 0.00390. The quantitative estimate of drug-likeness (QED) is 0.0283. The number of unbranched alkanes of at least 4 members (excludes halogenated alkanes) is 1. The number of alkyl halides is 2. The van der Waals surface area contributed by atoms with Crippen molar-refractivity contribution in [2.45, 2.75) is 228 Å². The second-order valence-corrected chi connectivity index (χ2v) is 29.9. The molecule has 32 nitrogen and oxygen atoms in total. The molecule has 0 aromatic rings. The van der Waals surface area contributed by atoms with Gasteiger partial charge in [0.2, 0.25) is 29.5 Å². The molecular weight excluding hydrogens is 1420 g/mol. The molecule has 2 unspecified atom stereocenters. The Morgan fingerprint density at radius 2 is 1.42 bits per heavy atom. The van der Waals surface area contributed by atoms with Gasteiger partial charge in [-0.05, 0) is 107 Å². The van der Waals surface area contributed by atoms with Crippen LogP contribution in [0.4, 0.5) is 13.6 Å². The number of hydrogen-bond donors (Lipinski definition) is 14. The number of carbonyl (C=O) groups excluding carboxylic acids is 9. The van der Waals surface area contributed by atoms with E-state index in [1.807, 2.05) is 6.92 Å². The van der Waals surface area contributed by atoms with Gasteiger partial charge in [-0.15, -0.1) is 0 Å². The Labute approximate surface area is 628 Å². The molecule has 3 aliphatic heterocycles. The number of primary amides is 1. The molecule has 0 spiro atoms. The van der Waals surface area contributed by atoms with Crippen molar-refractivity contribution < 1.29 is 115 Å². The minimum Gasteiger partial charge on any atom is -0.399 e. The van der Waals surface area contributed by atoms with Gasteiger partial charge in [-0.25, -0.2) is 13.6 Å². The maximum Gasteiger partial charge on any atom is 0.312 e. The van der Waals surface area contributed by atoms with Gasteiger partial charge in [0.15, 0.2) is 29.6 Å². The first-order chi connectivity index (χ1) is 51.4. The van der Waals surface area contributed by atoms with E-state index in [-0.39, 0.29) is 135 Å². The van der Waals surface area contributed by atoms with Crippen LogP contribution < -0.4 is 48.7 Å². The van der Waals surface area contributed by atoms with Crippen LogP contribution in [-0.2, 0) is 76.3 Å². The maximum atomic E-state index is 18.3. The summed E-state index contributed by atoms with van der Waals surface area (Å²) in [6, 6.07) is -4.87. The average molecular weight is 1530 g/mol. The number of nitrogens with zero attached hydrogens (tertiary/aromatic N) is 1. The number of nitrogens with two attached hydrogens (primary N) is 2. The summed E-state index contributed by atoms with van der Waals surface area (Å²) < 4.78 is 81.9. The highest BCUT2D eigenvalue weighted by Gasteiger charge is 2.80. The summed E-state index contributed by atoms with van der Waals surface area (Å²) in [5.74, 6) is -7.44. The lowest BCUT2D eigenvalue weighted by molar-refractivity contribution is -0.234. The lowest BCUT2D eigenvalue weighted by atomic mass is 9.44. The number of nitrogens with one attached hydrogen (secondary N) is 7. The molecule has 8 aliphatic rings. The number of allylic oxidation sites excluding steroid dienone is 6. The first-order valence-corrected chi connectivity index (χ1v) is 37.9. The lowest BCUT2D eigenvalue weighted by Crippen LogP contribution is -2.71. The molecule has 19 atom stereocenters. The van der Waals surface area contributed by atoms with Crippen molar-refractivity contribution in [2.24, 2.45) is 40.1 Å². The predicted molar refractivity (Wildman–Crippen MR) is 383 cm³/mol. The largest absolute Gasteiger partial charge is 0.399 e. The summed E-state index contributed by atoms with van der Waals surface area (Å²) in [5.41, 5.74) is 6.23. The van der Waals surface area contributed by atoms with Crippen LogP contribution in [0.15, 0.2) is 59.5 Å². The Kier molecular flexibility index (Phi) is 31.9. The number of fused-ring (bicyclic) bond motifs is 7. The Bertz CT molecular complexity index is 3270. The van der Waals surface area contributed by atoms with Crippen molar-refractivity contribution in [3.8, 4) is 0 Å². The molecule has 34 heteroatoms. The van der Waals surface area contributed by atoms with Gasteiger partial charge in [-0.3, -0.25) is 43.3 Å². The molecule has 108 heavy (non-hydrogen) atoms. The third kappa shape index (κ3) is 20.6. The van der Waals surface area contributed by atoms with Crippen LogP contribution in [0.2, 0.25) is 0 Å². The van der Waals surface area contributed by atoms with E-state index < -0.39 is 192 Å². The molecule has 5 fully saturated rings. The highest BCUT2D eigenvalue weighted by Crippen LogP contribution is 2.72. The van der Waals surface area contributed by atoms with Gasteiger partial charge < -0.3 is 112 Å². The Morgan fingerprint density at radius 1 is 0.759 bits per heavy atom. The van der Waals surface area contributed by atoms with Gasteiger partial charge >= 0.3 is 6.03 Å².